The van der Waals surface area contributed by atoms with E-state index in [1.54, 1.807) is 24.3 Å². The number of terminal acetylenes is 1. The van der Waals surface area contributed by atoms with E-state index in [1.807, 2.05) is 0 Å². The van der Waals surface area contributed by atoms with E-state index in [9.17, 15) is 22.8 Å². The summed E-state index contributed by atoms with van der Waals surface area (Å²) in [5.41, 5.74) is -0.831. The molecule has 6 nitrogen and oxygen atoms in total. The third kappa shape index (κ3) is 4.55. The van der Waals surface area contributed by atoms with E-state index in [4.69, 9.17) is 6.42 Å². The van der Waals surface area contributed by atoms with Crippen LogP contribution < -0.4 is 16.2 Å². The Labute approximate surface area is 163 Å². The number of aromatic nitrogens is 2. The number of nitrogens with one attached hydrogen (secondary N) is 2. The summed E-state index contributed by atoms with van der Waals surface area (Å²) in [5, 5.41) is 10.00. The van der Waals surface area contributed by atoms with Crippen molar-refractivity contribution in [2.75, 3.05) is 5.32 Å². The average Bonchev–Trinajstić information content (AvgIpc) is 2.69. The van der Waals surface area contributed by atoms with Crippen molar-refractivity contribution in [2.45, 2.75) is 19.3 Å². The zero-order valence-electron chi connectivity index (χ0n) is 15.0. The van der Waals surface area contributed by atoms with Crippen molar-refractivity contribution in [1.29, 1.82) is 0 Å². The Hall–Kier alpha value is -3.80. The van der Waals surface area contributed by atoms with E-state index in [0.29, 0.717) is 16.5 Å². The van der Waals surface area contributed by atoms with Crippen LogP contribution in [0.25, 0.3) is 10.8 Å². The topological polar surface area (TPSA) is 76.0 Å². The maximum absolute atomic E-state index is 12.8. The number of halogens is 3. The summed E-state index contributed by atoms with van der Waals surface area (Å²) >= 11 is 0. The number of nitrogens with zero attached hydrogens (tertiary/aromatic N) is 2. The first-order chi connectivity index (χ1) is 13.8. The van der Waals surface area contributed by atoms with Gasteiger partial charge in [0, 0.05) is 11.1 Å². The van der Waals surface area contributed by atoms with Gasteiger partial charge >= 0.3 is 12.2 Å². The summed E-state index contributed by atoms with van der Waals surface area (Å²) in [4.78, 5) is 24.5. The lowest BCUT2D eigenvalue weighted by atomic mass is 10.1. The molecule has 0 aliphatic rings. The van der Waals surface area contributed by atoms with Crippen LogP contribution in [0.2, 0.25) is 0 Å². The molecule has 2 amide bonds. The molecule has 0 radical (unpaired) electrons. The number of alkyl halides is 3. The van der Waals surface area contributed by atoms with Crippen LogP contribution in [0.1, 0.15) is 11.3 Å². The van der Waals surface area contributed by atoms with E-state index in [1.165, 1.54) is 12.1 Å². The van der Waals surface area contributed by atoms with Gasteiger partial charge in [-0.2, -0.15) is 18.3 Å². The monoisotopic (exact) mass is 400 g/mol. The molecule has 1 heterocycles. The highest BCUT2D eigenvalue weighted by atomic mass is 19.4. The van der Waals surface area contributed by atoms with Gasteiger partial charge in [0.2, 0.25) is 0 Å². The van der Waals surface area contributed by atoms with Gasteiger partial charge in [-0.1, -0.05) is 30.2 Å². The molecule has 0 unspecified atom stereocenters. The number of benzene rings is 2. The smallest absolute Gasteiger partial charge is 0.332 e. The van der Waals surface area contributed by atoms with E-state index in [0.717, 1.165) is 16.8 Å². The lowest BCUT2D eigenvalue weighted by Crippen LogP contribution is -2.31. The number of amides is 2. The van der Waals surface area contributed by atoms with Gasteiger partial charge in [-0.25, -0.2) is 9.48 Å². The highest BCUT2D eigenvalue weighted by Gasteiger charge is 2.30. The van der Waals surface area contributed by atoms with Crippen LogP contribution in [0.15, 0.2) is 53.3 Å². The summed E-state index contributed by atoms with van der Waals surface area (Å²) in [7, 11) is 0. The van der Waals surface area contributed by atoms with Crippen LogP contribution in [0.5, 0.6) is 0 Å². The first kappa shape index (κ1) is 19.9. The molecule has 0 bridgehead atoms. The molecular formula is C20H15F3N4O2. The van der Waals surface area contributed by atoms with Crippen molar-refractivity contribution in [3.05, 3.63) is 70.1 Å². The average molecular weight is 400 g/mol. The lowest BCUT2D eigenvalue weighted by Gasteiger charge is -2.12. The third-order valence-corrected chi connectivity index (χ3v) is 4.05. The Kier molecular flexibility index (Phi) is 5.54. The minimum atomic E-state index is -4.51. The number of anilines is 1. The Morgan fingerprint density at radius 1 is 1.14 bits per heavy atom. The van der Waals surface area contributed by atoms with Crippen LogP contribution in [0, 0.1) is 12.3 Å². The number of fused-ring (bicyclic) bond motifs is 1. The second kappa shape index (κ2) is 8.06. The van der Waals surface area contributed by atoms with E-state index in [-0.39, 0.29) is 24.3 Å². The Morgan fingerprint density at radius 2 is 1.86 bits per heavy atom. The quantitative estimate of drug-likeness (QED) is 0.660. The third-order valence-electron chi connectivity index (χ3n) is 4.05. The van der Waals surface area contributed by atoms with Crippen LogP contribution >= 0.6 is 0 Å². The molecule has 0 fully saturated rings. The molecule has 2 N–H and O–H groups in total. The largest absolute Gasteiger partial charge is 0.416 e. The van der Waals surface area contributed by atoms with Crippen LogP contribution in [0.3, 0.4) is 0 Å². The Balaban J connectivity index is 1.79. The lowest BCUT2D eigenvalue weighted by molar-refractivity contribution is -0.137. The van der Waals surface area contributed by atoms with Gasteiger partial charge in [0.25, 0.3) is 5.56 Å². The second-order valence-electron chi connectivity index (χ2n) is 6.05. The maximum Gasteiger partial charge on any atom is 0.416 e. The van der Waals surface area contributed by atoms with Gasteiger partial charge in [-0.05, 0) is 24.3 Å². The highest BCUT2D eigenvalue weighted by molar-refractivity contribution is 5.90. The number of carbonyl (C=O) groups is 1. The molecular weight excluding hydrogens is 385 g/mol. The summed E-state index contributed by atoms with van der Waals surface area (Å²) in [5.74, 6) is 2.34. The summed E-state index contributed by atoms with van der Waals surface area (Å²) in [6.07, 6.45) is 0.753. The first-order valence-electron chi connectivity index (χ1n) is 8.44. The standard InChI is InChI=1S/C20H15F3N4O2/c1-2-10-27-18(28)16-9-4-3-8-15(16)17(26-27)12-24-19(29)25-14-7-5-6-13(11-14)20(21,22)23/h1,3-9,11H,10,12H2,(H2,24,25,29). The summed E-state index contributed by atoms with van der Waals surface area (Å²) in [6, 6.07) is 10.3. The van der Waals surface area contributed by atoms with Crippen molar-refractivity contribution in [3.8, 4) is 12.3 Å². The number of urea groups is 1. The highest BCUT2D eigenvalue weighted by Crippen LogP contribution is 2.30. The van der Waals surface area contributed by atoms with Crippen molar-refractivity contribution < 1.29 is 18.0 Å². The number of carbonyl (C=O) groups excluding carboxylic acids is 1. The zero-order chi connectivity index (χ0) is 21.0. The SMILES string of the molecule is C#CCn1nc(CNC(=O)Nc2cccc(C(F)(F)F)c2)c2ccccc2c1=O. The van der Waals surface area contributed by atoms with Crippen molar-refractivity contribution in [1.82, 2.24) is 15.1 Å². The Morgan fingerprint density at radius 3 is 2.55 bits per heavy atom. The fourth-order valence-corrected chi connectivity index (χ4v) is 2.74. The van der Waals surface area contributed by atoms with Crippen molar-refractivity contribution in [2.24, 2.45) is 0 Å². The minimum absolute atomic E-state index is 0.00700. The van der Waals surface area contributed by atoms with Crippen molar-refractivity contribution >= 4 is 22.5 Å². The molecule has 2 aromatic carbocycles. The van der Waals surface area contributed by atoms with Gasteiger partial charge < -0.3 is 10.6 Å². The van der Waals surface area contributed by atoms with E-state index >= 15 is 0 Å². The van der Waals surface area contributed by atoms with Crippen LogP contribution in [-0.2, 0) is 19.3 Å². The number of rotatable bonds is 4. The Bertz CT molecular complexity index is 1160. The van der Waals surface area contributed by atoms with Crippen LogP contribution in [-0.4, -0.2) is 15.8 Å². The van der Waals surface area contributed by atoms with Gasteiger partial charge in [0.15, 0.2) is 0 Å². The molecule has 1 aromatic heterocycles. The van der Waals surface area contributed by atoms with E-state index < -0.39 is 17.8 Å². The summed E-state index contributed by atoms with van der Waals surface area (Å²) in [6.45, 7) is -0.0940. The maximum atomic E-state index is 12.8. The number of hydrogen-bond acceptors (Lipinski definition) is 3. The fourth-order valence-electron chi connectivity index (χ4n) is 2.74. The normalized spacial score (nSPS) is 11.1. The molecule has 0 aliphatic carbocycles. The van der Waals surface area contributed by atoms with Gasteiger partial charge in [0.1, 0.15) is 6.54 Å². The molecule has 0 aliphatic heterocycles. The van der Waals surface area contributed by atoms with Crippen LogP contribution in [0.4, 0.5) is 23.7 Å². The second-order valence-corrected chi connectivity index (χ2v) is 6.05. The fraction of sp³-hybridized carbons (Fsp3) is 0.150. The predicted octanol–water partition coefficient (Wildman–Crippen LogP) is 3.37. The molecule has 3 aromatic rings. The van der Waals surface area contributed by atoms with Crippen molar-refractivity contribution in [3.63, 3.8) is 0 Å². The molecule has 9 heteroatoms. The molecule has 148 valence electrons. The van der Waals surface area contributed by atoms with Gasteiger partial charge in [-0.15, -0.1) is 6.42 Å². The molecule has 0 saturated carbocycles. The predicted molar refractivity (Wildman–Crippen MR) is 102 cm³/mol. The molecule has 3 rings (SSSR count). The molecule has 0 saturated heterocycles. The van der Waals surface area contributed by atoms with Gasteiger partial charge in [-0.3, -0.25) is 4.79 Å². The summed E-state index contributed by atoms with van der Waals surface area (Å²) < 4.78 is 39.4. The zero-order valence-corrected chi connectivity index (χ0v) is 15.0. The molecule has 0 spiro atoms. The number of hydrogen-bond donors (Lipinski definition) is 2. The molecule has 29 heavy (non-hydrogen) atoms. The van der Waals surface area contributed by atoms with E-state index in [2.05, 4.69) is 21.7 Å². The molecule has 0 atom stereocenters. The minimum Gasteiger partial charge on any atom is -0.332 e. The van der Waals surface area contributed by atoms with Gasteiger partial charge in [0.05, 0.1) is 23.2 Å². The first-order valence-corrected chi connectivity index (χ1v) is 8.44.